The summed E-state index contributed by atoms with van der Waals surface area (Å²) in [6.45, 7) is 1.96. The molecule has 96 valence electrons. The Labute approximate surface area is 105 Å². The van der Waals surface area contributed by atoms with E-state index in [9.17, 15) is 19.2 Å². The van der Waals surface area contributed by atoms with E-state index in [1.807, 2.05) is 0 Å². The third kappa shape index (κ3) is 1.25. The summed E-state index contributed by atoms with van der Waals surface area (Å²) < 4.78 is 2.07. The number of hydrogen-bond donors (Lipinski definition) is 0. The molecule has 3 rings (SSSR count). The first-order valence-electron chi connectivity index (χ1n) is 5.84. The Bertz CT molecular complexity index is 950. The number of benzene rings is 1. The van der Waals surface area contributed by atoms with Gasteiger partial charge >= 0.3 is 0 Å². The molecule has 3 aromatic rings. The number of rotatable bonds is 1. The van der Waals surface area contributed by atoms with Gasteiger partial charge in [0.25, 0.3) is 22.2 Å². The number of nitrogens with zero attached hydrogens (tertiary/aromatic N) is 2. The summed E-state index contributed by atoms with van der Waals surface area (Å²) in [5.74, 6) is 0. The fourth-order valence-corrected chi connectivity index (χ4v) is 2.43. The normalized spacial score (nSPS) is 11.7. The van der Waals surface area contributed by atoms with Crippen LogP contribution in [-0.4, -0.2) is 9.13 Å². The molecule has 1 aromatic carbocycles. The van der Waals surface area contributed by atoms with E-state index in [0.29, 0.717) is 0 Å². The summed E-state index contributed by atoms with van der Waals surface area (Å²) in [5, 5.41) is 0.764. The van der Waals surface area contributed by atoms with Gasteiger partial charge in [-0.3, -0.25) is 28.3 Å². The fourth-order valence-electron chi connectivity index (χ4n) is 2.43. The quantitative estimate of drug-likeness (QED) is 0.588. The lowest BCUT2D eigenvalue weighted by molar-refractivity contribution is 0.722. The molecule has 0 amide bonds. The molecule has 0 aliphatic rings. The van der Waals surface area contributed by atoms with Crippen molar-refractivity contribution in [2.75, 3.05) is 0 Å². The molecule has 0 radical (unpaired) electrons. The SMILES string of the molecule is CCn1c(=O)c2cc3c(=O)n(C)c(=O)c3cc2c1=O. The Hall–Kier alpha value is -2.50. The summed E-state index contributed by atoms with van der Waals surface area (Å²) in [7, 11) is 1.37. The minimum atomic E-state index is -0.446. The van der Waals surface area contributed by atoms with Gasteiger partial charge in [-0.05, 0) is 19.1 Å². The van der Waals surface area contributed by atoms with Gasteiger partial charge in [0.05, 0.1) is 21.5 Å². The molecule has 2 heterocycles. The predicted octanol–water partition coefficient (Wildman–Crippen LogP) is -0.531. The summed E-state index contributed by atoms with van der Waals surface area (Å²) in [5.41, 5.74) is -1.73. The molecule has 0 unspecified atom stereocenters. The second-order valence-electron chi connectivity index (χ2n) is 4.47. The highest BCUT2D eigenvalue weighted by molar-refractivity contribution is 5.97. The van der Waals surface area contributed by atoms with Crippen molar-refractivity contribution in [3.8, 4) is 0 Å². The Balaban J connectivity index is 2.70. The molecule has 0 saturated heterocycles. The van der Waals surface area contributed by atoms with Crippen LogP contribution in [0.15, 0.2) is 31.3 Å². The van der Waals surface area contributed by atoms with Gasteiger partial charge in [-0.2, -0.15) is 0 Å². The van der Waals surface area contributed by atoms with Crippen molar-refractivity contribution < 1.29 is 0 Å². The molecule has 6 nitrogen and oxygen atoms in total. The number of aromatic nitrogens is 2. The standard InChI is InChI=1S/C13H10N2O4/c1-3-15-12(18)8-4-6-7(5-9(8)13(15)19)11(17)14(2)10(6)16/h4-5H,3H2,1-2H3. The Kier molecular flexibility index (Phi) is 2.14. The number of fused-ring (bicyclic) bond motifs is 2. The molecule has 19 heavy (non-hydrogen) atoms. The monoisotopic (exact) mass is 258 g/mol. The van der Waals surface area contributed by atoms with Crippen molar-refractivity contribution in [3.05, 3.63) is 53.5 Å². The van der Waals surface area contributed by atoms with Crippen LogP contribution >= 0.6 is 0 Å². The smallest absolute Gasteiger partial charge is 0.261 e. The van der Waals surface area contributed by atoms with E-state index in [0.717, 1.165) is 9.13 Å². The maximum atomic E-state index is 12.0. The highest BCUT2D eigenvalue weighted by Gasteiger charge is 2.17. The second kappa shape index (κ2) is 3.50. The molecule has 0 fully saturated rings. The average Bonchev–Trinajstić information content (AvgIpc) is 2.77. The molecule has 0 aliphatic carbocycles. The lowest BCUT2D eigenvalue weighted by Crippen LogP contribution is -2.24. The van der Waals surface area contributed by atoms with E-state index in [4.69, 9.17) is 0 Å². The average molecular weight is 258 g/mol. The van der Waals surface area contributed by atoms with Gasteiger partial charge in [-0.25, -0.2) is 0 Å². The zero-order valence-electron chi connectivity index (χ0n) is 10.4. The van der Waals surface area contributed by atoms with Crippen LogP contribution in [-0.2, 0) is 13.6 Å². The minimum absolute atomic E-state index is 0.186. The van der Waals surface area contributed by atoms with E-state index in [2.05, 4.69) is 0 Å². The Morgan fingerprint density at radius 2 is 1.16 bits per heavy atom. The third-order valence-corrected chi connectivity index (χ3v) is 3.50. The first-order valence-corrected chi connectivity index (χ1v) is 5.84. The van der Waals surface area contributed by atoms with Gasteiger partial charge in [-0.15, -0.1) is 0 Å². The largest absolute Gasteiger partial charge is 0.277 e. The molecule has 0 saturated carbocycles. The molecule has 0 N–H and O–H groups in total. The Morgan fingerprint density at radius 3 is 1.53 bits per heavy atom. The topological polar surface area (TPSA) is 78.1 Å². The van der Waals surface area contributed by atoms with Crippen molar-refractivity contribution in [2.24, 2.45) is 7.05 Å². The van der Waals surface area contributed by atoms with Crippen LogP contribution in [0.5, 0.6) is 0 Å². The lowest BCUT2D eigenvalue weighted by atomic mass is 10.1. The first kappa shape index (κ1) is 11.6. The van der Waals surface area contributed by atoms with Gasteiger partial charge in [0.15, 0.2) is 0 Å². The van der Waals surface area contributed by atoms with Crippen molar-refractivity contribution in [1.29, 1.82) is 0 Å². The molecular weight excluding hydrogens is 248 g/mol. The summed E-state index contributed by atoms with van der Waals surface area (Å²) in [4.78, 5) is 47.7. The molecule has 2 aromatic heterocycles. The summed E-state index contributed by atoms with van der Waals surface area (Å²) >= 11 is 0. The summed E-state index contributed by atoms with van der Waals surface area (Å²) in [6.07, 6.45) is 0. The van der Waals surface area contributed by atoms with Crippen molar-refractivity contribution in [2.45, 2.75) is 13.5 Å². The highest BCUT2D eigenvalue weighted by Crippen LogP contribution is 2.13. The van der Waals surface area contributed by atoms with Crippen LogP contribution in [0, 0.1) is 0 Å². The number of hydrogen-bond acceptors (Lipinski definition) is 4. The van der Waals surface area contributed by atoms with E-state index in [-0.39, 0.29) is 28.1 Å². The molecule has 0 spiro atoms. The maximum Gasteiger partial charge on any atom is 0.261 e. The van der Waals surface area contributed by atoms with Gasteiger partial charge in [0.2, 0.25) is 0 Å². The van der Waals surface area contributed by atoms with Crippen LogP contribution in [0.2, 0.25) is 0 Å². The maximum absolute atomic E-state index is 12.0. The molecule has 0 atom stereocenters. The van der Waals surface area contributed by atoms with Crippen molar-refractivity contribution >= 4 is 21.5 Å². The Morgan fingerprint density at radius 1 is 0.789 bits per heavy atom. The van der Waals surface area contributed by atoms with Crippen LogP contribution < -0.4 is 22.2 Å². The van der Waals surface area contributed by atoms with Crippen LogP contribution in [0.4, 0.5) is 0 Å². The van der Waals surface area contributed by atoms with Crippen molar-refractivity contribution in [3.63, 3.8) is 0 Å². The highest BCUT2D eigenvalue weighted by atomic mass is 16.2. The zero-order valence-corrected chi connectivity index (χ0v) is 10.4. The van der Waals surface area contributed by atoms with Gasteiger partial charge in [0, 0.05) is 13.6 Å². The van der Waals surface area contributed by atoms with E-state index >= 15 is 0 Å². The molecule has 6 heteroatoms. The van der Waals surface area contributed by atoms with Crippen molar-refractivity contribution in [1.82, 2.24) is 9.13 Å². The second-order valence-corrected chi connectivity index (χ2v) is 4.47. The zero-order chi connectivity index (χ0) is 13.9. The van der Waals surface area contributed by atoms with Gasteiger partial charge in [0.1, 0.15) is 0 Å². The molecule has 0 bridgehead atoms. The lowest BCUT2D eigenvalue weighted by Gasteiger charge is -1.88. The summed E-state index contributed by atoms with van der Waals surface area (Å²) in [6, 6.07) is 2.70. The molecule has 0 aliphatic heterocycles. The third-order valence-electron chi connectivity index (χ3n) is 3.50. The minimum Gasteiger partial charge on any atom is -0.277 e. The predicted molar refractivity (Wildman–Crippen MR) is 71.5 cm³/mol. The van der Waals surface area contributed by atoms with Crippen LogP contribution in [0.1, 0.15) is 6.92 Å². The van der Waals surface area contributed by atoms with Gasteiger partial charge < -0.3 is 0 Å². The van der Waals surface area contributed by atoms with E-state index in [1.54, 1.807) is 6.92 Å². The van der Waals surface area contributed by atoms with Gasteiger partial charge in [-0.1, -0.05) is 0 Å². The fraction of sp³-hybridized carbons (Fsp3) is 0.231. The van der Waals surface area contributed by atoms with E-state index < -0.39 is 22.2 Å². The van der Waals surface area contributed by atoms with E-state index in [1.165, 1.54) is 19.2 Å². The molecular formula is C13H10N2O4. The van der Waals surface area contributed by atoms with Crippen LogP contribution in [0.3, 0.4) is 0 Å². The van der Waals surface area contributed by atoms with Crippen LogP contribution in [0.25, 0.3) is 21.5 Å². The first-order chi connectivity index (χ1) is 8.97.